The summed E-state index contributed by atoms with van der Waals surface area (Å²) in [6, 6.07) is 8.75. The zero-order chi connectivity index (χ0) is 16.6. The van der Waals surface area contributed by atoms with E-state index in [-0.39, 0.29) is 22.1 Å². The molecule has 0 saturated heterocycles. The molecule has 120 valence electrons. The highest BCUT2D eigenvalue weighted by Gasteiger charge is 2.20. The maximum Gasteiger partial charge on any atom is 0.261 e. The Morgan fingerprint density at radius 1 is 1.17 bits per heavy atom. The zero-order valence-electron chi connectivity index (χ0n) is 12.4. The van der Waals surface area contributed by atoms with E-state index in [1.54, 1.807) is 6.07 Å². The molecular weight excluding hydrogens is 319 g/mol. The zero-order valence-corrected chi connectivity index (χ0v) is 13.2. The van der Waals surface area contributed by atoms with Crippen molar-refractivity contribution in [2.75, 3.05) is 10.0 Å². The molecule has 0 radical (unpaired) electrons. The van der Waals surface area contributed by atoms with E-state index in [9.17, 15) is 17.6 Å². The van der Waals surface area contributed by atoms with Crippen LogP contribution in [-0.2, 0) is 21.2 Å². The largest absolute Gasteiger partial charge is 0.326 e. The summed E-state index contributed by atoms with van der Waals surface area (Å²) in [6.07, 6.45) is 0.816. The molecule has 0 unspecified atom stereocenters. The third-order valence-corrected chi connectivity index (χ3v) is 5.16. The number of rotatable bonds is 3. The number of fused-ring (bicyclic) bond motifs is 1. The molecule has 1 amide bonds. The SMILES string of the molecule is Cc1c(F)cccc1NS(=O)(=O)c1ccc2c(c1)CCC(=O)N2. The lowest BCUT2D eigenvalue weighted by Gasteiger charge is -2.18. The Morgan fingerprint density at radius 3 is 2.74 bits per heavy atom. The number of hydrogen-bond donors (Lipinski definition) is 2. The van der Waals surface area contributed by atoms with Crippen molar-refractivity contribution in [3.05, 3.63) is 53.3 Å². The number of hydrogen-bond acceptors (Lipinski definition) is 3. The van der Waals surface area contributed by atoms with Crippen molar-refractivity contribution in [3.8, 4) is 0 Å². The van der Waals surface area contributed by atoms with Crippen LogP contribution in [0.15, 0.2) is 41.3 Å². The molecule has 3 rings (SSSR count). The molecule has 0 bridgehead atoms. The van der Waals surface area contributed by atoms with E-state index < -0.39 is 15.8 Å². The van der Waals surface area contributed by atoms with E-state index in [1.807, 2.05) is 0 Å². The number of benzene rings is 2. The van der Waals surface area contributed by atoms with Gasteiger partial charge in [-0.15, -0.1) is 0 Å². The monoisotopic (exact) mass is 334 g/mol. The van der Waals surface area contributed by atoms with E-state index >= 15 is 0 Å². The van der Waals surface area contributed by atoms with Crippen LogP contribution in [0.1, 0.15) is 17.5 Å². The number of carbonyl (C=O) groups excluding carboxylic acids is 1. The Morgan fingerprint density at radius 2 is 1.96 bits per heavy atom. The fraction of sp³-hybridized carbons (Fsp3) is 0.188. The number of amides is 1. The molecule has 23 heavy (non-hydrogen) atoms. The molecule has 2 N–H and O–H groups in total. The van der Waals surface area contributed by atoms with Gasteiger partial charge in [0, 0.05) is 17.7 Å². The molecule has 0 aliphatic carbocycles. The van der Waals surface area contributed by atoms with Gasteiger partial charge in [0.2, 0.25) is 5.91 Å². The first-order valence-corrected chi connectivity index (χ1v) is 8.56. The minimum atomic E-state index is -3.83. The van der Waals surface area contributed by atoms with Crippen molar-refractivity contribution in [2.45, 2.75) is 24.7 Å². The first kappa shape index (κ1) is 15.5. The molecule has 2 aromatic carbocycles. The molecule has 5 nitrogen and oxygen atoms in total. The predicted octanol–water partition coefficient (Wildman–Crippen LogP) is 2.82. The lowest BCUT2D eigenvalue weighted by molar-refractivity contribution is -0.116. The number of carbonyl (C=O) groups is 1. The maximum atomic E-state index is 13.5. The van der Waals surface area contributed by atoms with Crippen LogP contribution in [0.2, 0.25) is 0 Å². The fourth-order valence-corrected chi connectivity index (χ4v) is 3.62. The van der Waals surface area contributed by atoms with Gasteiger partial charge in [0.05, 0.1) is 10.6 Å². The summed E-state index contributed by atoms with van der Waals surface area (Å²) in [5, 5.41) is 2.70. The first-order valence-electron chi connectivity index (χ1n) is 7.07. The van der Waals surface area contributed by atoms with Crippen molar-refractivity contribution in [1.29, 1.82) is 0 Å². The summed E-state index contributed by atoms with van der Waals surface area (Å²) in [5.41, 5.74) is 1.84. The molecule has 1 aliphatic rings. The second-order valence-corrected chi connectivity index (χ2v) is 7.07. The van der Waals surface area contributed by atoms with Crippen LogP contribution in [0.4, 0.5) is 15.8 Å². The molecular formula is C16H15FN2O3S. The van der Waals surface area contributed by atoms with Gasteiger partial charge >= 0.3 is 0 Å². The number of halogens is 1. The molecule has 0 aromatic heterocycles. The lowest BCUT2D eigenvalue weighted by Crippen LogP contribution is -2.20. The summed E-state index contributed by atoms with van der Waals surface area (Å²) >= 11 is 0. The molecule has 0 saturated carbocycles. The molecule has 7 heteroatoms. The molecule has 2 aromatic rings. The highest BCUT2D eigenvalue weighted by atomic mass is 32.2. The quantitative estimate of drug-likeness (QED) is 0.906. The van der Waals surface area contributed by atoms with E-state index in [2.05, 4.69) is 10.0 Å². The van der Waals surface area contributed by atoms with Crippen molar-refractivity contribution in [2.24, 2.45) is 0 Å². The van der Waals surface area contributed by atoms with E-state index in [1.165, 1.54) is 37.3 Å². The van der Waals surface area contributed by atoms with Gasteiger partial charge in [-0.3, -0.25) is 9.52 Å². The molecule has 1 aliphatic heterocycles. The van der Waals surface area contributed by atoms with Crippen LogP contribution in [0.25, 0.3) is 0 Å². The third-order valence-electron chi connectivity index (χ3n) is 3.79. The summed E-state index contributed by atoms with van der Waals surface area (Å²) in [7, 11) is -3.83. The molecule has 0 atom stereocenters. The lowest BCUT2D eigenvalue weighted by atomic mass is 10.0. The van der Waals surface area contributed by atoms with Crippen LogP contribution in [0.5, 0.6) is 0 Å². The van der Waals surface area contributed by atoms with Gasteiger partial charge in [0.1, 0.15) is 5.82 Å². The average Bonchev–Trinajstić information content (AvgIpc) is 2.51. The Hall–Kier alpha value is -2.41. The average molecular weight is 334 g/mol. The Kier molecular flexibility index (Phi) is 3.81. The van der Waals surface area contributed by atoms with Crippen LogP contribution in [0.3, 0.4) is 0 Å². The second-order valence-electron chi connectivity index (χ2n) is 5.39. The van der Waals surface area contributed by atoms with Gasteiger partial charge in [-0.1, -0.05) is 6.07 Å². The first-order chi connectivity index (χ1) is 10.9. The number of sulfonamides is 1. The van der Waals surface area contributed by atoms with Crippen LogP contribution >= 0.6 is 0 Å². The van der Waals surface area contributed by atoms with Gasteiger partial charge in [0.15, 0.2) is 0 Å². The molecule has 1 heterocycles. The standard InChI is InChI=1S/C16H15FN2O3S/c1-10-13(17)3-2-4-14(10)19-23(21,22)12-6-7-15-11(9-12)5-8-16(20)18-15/h2-4,6-7,9,19H,5,8H2,1H3,(H,18,20). The highest BCUT2D eigenvalue weighted by molar-refractivity contribution is 7.92. The second kappa shape index (κ2) is 5.66. The van der Waals surface area contributed by atoms with E-state index in [0.717, 1.165) is 5.56 Å². The third kappa shape index (κ3) is 3.05. The Bertz CT molecular complexity index is 894. The topological polar surface area (TPSA) is 75.3 Å². The summed E-state index contributed by atoms with van der Waals surface area (Å²) < 4.78 is 40.9. The minimum absolute atomic E-state index is 0.0797. The van der Waals surface area contributed by atoms with Gasteiger partial charge in [-0.25, -0.2) is 12.8 Å². The smallest absolute Gasteiger partial charge is 0.261 e. The summed E-state index contributed by atoms with van der Waals surface area (Å²) in [5.74, 6) is -0.556. The van der Waals surface area contributed by atoms with Crippen molar-refractivity contribution in [1.82, 2.24) is 0 Å². The molecule has 0 fully saturated rings. The maximum absolute atomic E-state index is 13.5. The van der Waals surface area contributed by atoms with E-state index in [0.29, 0.717) is 18.5 Å². The minimum Gasteiger partial charge on any atom is -0.326 e. The normalized spacial score (nSPS) is 14.1. The van der Waals surface area contributed by atoms with E-state index in [4.69, 9.17) is 0 Å². The number of nitrogens with one attached hydrogen (secondary N) is 2. The predicted molar refractivity (Wildman–Crippen MR) is 85.3 cm³/mol. The van der Waals surface area contributed by atoms with Crippen molar-refractivity contribution in [3.63, 3.8) is 0 Å². The van der Waals surface area contributed by atoms with Crippen molar-refractivity contribution >= 4 is 27.3 Å². The van der Waals surface area contributed by atoms with Gasteiger partial charge in [-0.2, -0.15) is 0 Å². The summed E-state index contributed by atoms with van der Waals surface area (Å²) in [6.45, 7) is 1.51. The highest BCUT2D eigenvalue weighted by Crippen LogP contribution is 2.27. The van der Waals surface area contributed by atoms with Gasteiger partial charge in [-0.05, 0) is 49.2 Å². The van der Waals surface area contributed by atoms with Crippen LogP contribution < -0.4 is 10.0 Å². The number of anilines is 2. The Labute approximate surface area is 133 Å². The van der Waals surface area contributed by atoms with Gasteiger partial charge < -0.3 is 5.32 Å². The number of aryl methyl sites for hydroxylation is 1. The summed E-state index contributed by atoms with van der Waals surface area (Å²) in [4.78, 5) is 11.4. The van der Waals surface area contributed by atoms with Crippen LogP contribution in [-0.4, -0.2) is 14.3 Å². The van der Waals surface area contributed by atoms with Crippen LogP contribution in [0, 0.1) is 12.7 Å². The van der Waals surface area contributed by atoms with Crippen molar-refractivity contribution < 1.29 is 17.6 Å². The molecule has 0 spiro atoms. The Balaban J connectivity index is 1.94. The fourth-order valence-electron chi connectivity index (χ4n) is 2.45. The van der Waals surface area contributed by atoms with Gasteiger partial charge in [0.25, 0.3) is 10.0 Å².